The monoisotopic (exact) mass is 283 g/mol. The third kappa shape index (κ3) is 2.90. The molecule has 6 heteroatoms. The Morgan fingerprint density at radius 1 is 1.40 bits per heavy atom. The van der Waals surface area contributed by atoms with Crippen LogP contribution in [0.3, 0.4) is 0 Å². The van der Waals surface area contributed by atoms with E-state index in [0.29, 0.717) is 6.07 Å². The van der Waals surface area contributed by atoms with Gasteiger partial charge in [-0.3, -0.25) is 4.79 Å². The minimum atomic E-state index is -0.877. The average molecular weight is 283 g/mol. The van der Waals surface area contributed by atoms with Gasteiger partial charge in [-0.25, -0.2) is 8.78 Å². The lowest BCUT2D eigenvalue weighted by atomic mass is 10.0. The van der Waals surface area contributed by atoms with Crippen LogP contribution in [0.5, 0.6) is 0 Å². The first-order valence-electron chi connectivity index (χ1n) is 6.60. The van der Waals surface area contributed by atoms with Gasteiger partial charge in [-0.05, 0) is 32.5 Å². The van der Waals surface area contributed by atoms with Crippen LogP contribution in [-0.2, 0) is 0 Å². The molecule has 1 unspecified atom stereocenters. The number of anilines is 1. The number of amides is 1. The number of hydrogen-bond donors (Lipinski definition) is 1. The van der Waals surface area contributed by atoms with Crippen LogP contribution in [-0.4, -0.2) is 48.9 Å². The molecule has 0 bridgehead atoms. The minimum Gasteiger partial charge on any atom is -0.396 e. The topological polar surface area (TPSA) is 49.6 Å². The second-order valence-electron chi connectivity index (χ2n) is 5.33. The van der Waals surface area contributed by atoms with Gasteiger partial charge in [-0.1, -0.05) is 0 Å². The summed E-state index contributed by atoms with van der Waals surface area (Å²) in [6.45, 7) is 1.75. The molecule has 110 valence electrons. The van der Waals surface area contributed by atoms with Crippen LogP contribution in [0.25, 0.3) is 0 Å². The number of likely N-dealkylation sites (N-methyl/N-ethyl adjacent to an activating group) is 2. The summed E-state index contributed by atoms with van der Waals surface area (Å²) in [5.74, 6) is -2.19. The lowest BCUT2D eigenvalue weighted by molar-refractivity contribution is 0.0639. The highest BCUT2D eigenvalue weighted by Crippen LogP contribution is 2.21. The second kappa shape index (κ2) is 5.75. The maximum absolute atomic E-state index is 13.7. The van der Waals surface area contributed by atoms with Gasteiger partial charge in [-0.2, -0.15) is 0 Å². The molecule has 1 aromatic carbocycles. The molecule has 2 rings (SSSR count). The highest BCUT2D eigenvalue weighted by molar-refractivity contribution is 5.95. The lowest BCUT2D eigenvalue weighted by Gasteiger charge is -2.36. The number of nitrogen functional groups attached to an aromatic ring is 1. The molecule has 1 amide bonds. The van der Waals surface area contributed by atoms with Crippen molar-refractivity contribution < 1.29 is 13.6 Å². The Bertz CT molecular complexity index is 521. The zero-order valence-electron chi connectivity index (χ0n) is 11.7. The Hall–Kier alpha value is -1.69. The van der Waals surface area contributed by atoms with Crippen molar-refractivity contribution in [1.82, 2.24) is 9.80 Å². The molecule has 0 radical (unpaired) electrons. The van der Waals surface area contributed by atoms with Crippen LogP contribution >= 0.6 is 0 Å². The highest BCUT2D eigenvalue weighted by Gasteiger charge is 2.27. The normalized spacial score (nSPS) is 19.9. The summed E-state index contributed by atoms with van der Waals surface area (Å²) >= 11 is 0. The number of benzene rings is 1. The van der Waals surface area contributed by atoms with Crippen LogP contribution in [0.4, 0.5) is 14.5 Å². The van der Waals surface area contributed by atoms with E-state index in [2.05, 4.69) is 4.90 Å². The fourth-order valence-electron chi connectivity index (χ4n) is 2.54. The number of halogens is 2. The van der Waals surface area contributed by atoms with E-state index in [-0.39, 0.29) is 17.3 Å². The van der Waals surface area contributed by atoms with Crippen molar-refractivity contribution in [2.45, 2.75) is 18.9 Å². The Kier molecular flexibility index (Phi) is 4.23. The quantitative estimate of drug-likeness (QED) is 0.841. The molecule has 2 N–H and O–H groups in total. The Morgan fingerprint density at radius 2 is 2.10 bits per heavy atom. The summed E-state index contributed by atoms with van der Waals surface area (Å²) in [6.07, 6.45) is 1.87. The average Bonchev–Trinajstić information content (AvgIpc) is 2.41. The van der Waals surface area contributed by atoms with E-state index in [1.54, 1.807) is 7.05 Å². The van der Waals surface area contributed by atoms with E-state index in [0.717, 1.165) is 32.0 Å². The molecule has 1 saturated heterocycles. The predicted octanol–water partition coefficient (Wildman–Crippen LogP) is 1.71. The van der Waals surface area contributed by atoms with Crippen molar-refractivity contribution in [1.29, 1.82) is 0 Å². The second-order valence-corrected chi connectivity index (χ2v) is 5.33. The van der Waals surface area contributed by atoms with Crippen molar-refractivity contribution in [3.8, 4) is 0 Å². The predicted molar refractivity (Wildman–Crippen MR) is 73.4 cm³/mol. The number of nitrogens with two attached hydrogens (primary N) is 1. The number of nitrogens with zero attached hydrogens (tertiary/aromatic N) is 2. The van der Waals surface area contributed by atoms with Crippen LogP contribution in [0.15, 0.2) is 12.1 Å². The fraction of sp³-hybridized carbons (Fsp3) is 0.500. The molecule has 1 heterocycles. The summed E-state index contributed by atoms with van der Waals surface area (Å²) in [5, 5.41) is 0. The summed E-state index contributed by atoms with van der Waals surface area (Å²) in [5.41, 5.74) is 5.01. The van der Waals surface area contributed by atoms with Crippen LogP contribution in [0, 0.1) is 11.6 Å². The lowest BCUT2D eigenvalue weighted by Crippen LogP contribution is -2.47. The molecule has 1 atom stereocenters. The van der Waals surface area contributed by atoms with Crippen LogP contribution in [0.1, 0.15) is 23.2 Å². The van der Waals surface area contributed by atoms with Gasteiger partial charge >= 0.3 is 0 Å². The smallest absolute Gasteiger partial charge is 0.256 e. The molecule has 4 nitrogen and oxygen atoms in total. The van der Waals surface area contributed by atoms with Gasteiger partial charge in [0.15, 0.2) is 0 Å². The highest BCUT2D eigenvalue weighted by atomic mass is 19.1. The van der Waals surface area contributed by atoms with Crippen LogP contribution < -0.4 is 5.73 Å². The van der Waals surface area contributed by atoms with Crippen molar-refractivity contribution in [3.63, 3.8) is 0 Å². The van der Waals surface area contributed by atoms with Gasteiger partial charge in [0.05, 0.1) is 11.3 Å². The van der Waals surface area contributed by atoms with Gasteiger partial charge < -0.3 is 15.5 Å². The molecule has 0 saturated carbocycles. The van der Waals surface area contributed by atoms with E-state index >= 15 is 0 Å². The number of carbonyl (C=O) groups is 1. The molecule has 0 spiro atoms. The van der Waals surface area contributed by atoms with Crippen molar-refractivity contribution in [3.05, 3.63) is 29.3 Å². The standard InChI is InChI=1S/C14H19F2N3O/c1-18-5-3-4-9(8-18)19(2)14(20)10-6-13(17)12(16)7-11(10)15/h6-7,9H,3-5,8,17H2,1-2H3. The number of carbonyl (C=O) groups excluding carboxylic acids is 1. The summed E-state index contributed by atoms with van der Waals surface area (Å²) in [7, 11) is 3.63. The molecule has 1 aliphatic rings. The molecule has 20 heavy (non-hydrogen) atoms. The Balaban J connectivity index is 2.20. The number of rotatable bonds is 2. The van der Waals surface area contributed by atoms with Crippen LogP contribution in [0.2, 0.25) is 0 Å². The van der Waals surface area contributed by atoms with Crippen molar-refractivity contribution >= 4 is 11.6 Å². The molecule has 1 fully saturated rings. The van der Waals surface area contributed by atoms with Crippen molar-refractivity contribution in [2.24, 2.45) is 0 Å². The van der Waals surface area contributed by atoms with Gasteiger partial charge in [0.25, 0.3) is 5.91 Å². The van der Waals surface area contributed by atoms with Gasteiger partial charge in [-0.15, -0.1) is 0 Å². The van der Waals surface area contributed by atoms with E-state index in [4.69, 9.17) is 5.73 Å². The molecule has 1 aromatic rings. The molecule has 0 aromatic heterocycles. The van der Waals surface area contributed by atoms with Gasteiger partial charge in [0, 0.05) is 25.7 Å². The van der Waals surface area contributed by atoms with E-state index in [1.165, 1.54) is 4.90 Å². The molecule has 1 aliphatic heterocycles. The summed E-state index contributed by atoms with van der Waals surface area (Å²) in [4.78, 5) is 16.0. The molecule has 0 aliphatic carbocycles. The summed E-state index contributed by atoms with van der Waals surface area (Å²) in [6, 6.07) is 1.76. The number of likely N-dealkylation sites (tertiary alicyclic amines) is 1. The largest absolute Gasteiger partial charge is 0.396 e. The van der Waals surface area contributed by atoms with Gasteiger partial charge in [0.2, 0.25) is 0 Å². The first-order chi connectivity index (χ1) is 9.40. The molecular formula is C14H19F2N3O. The zero-order chi connectivity index (χ0) is 14.9. The van der Waals surface area contributed by atoms with Crippen molar-refractivity contribution in [2.75, 3.05) is 32.9 Å². The zero-order valence-corrected chi connectivity index (χ0v) is 11.7. The first kappa shape index (κ1) is 14.7. The summed E-state index contributed by atoms with van der Waals surface area (Å²) < 4.78 is 26.9. The SMILES string of the molecule is CN1CCCC(N(C)C(=O)c2cc(N)c(F)cc2F)C1. The van der Waals surface area contributed by atoms with E-state index in [1.807, 2.05) is 7.05 Å². The maximum atomic E-state index is 13.7. The number of piperidine rings is 1. The number of hydrogen-bond acceptors (Lipinski definition) is 3. The third-order valence-electron chi connectivity index (χ3n) is 3.78. The van der Waals surface area contributed by atoms with Gasteiger partial charge in [0.1, 0.15) is 11.6 Å². The molecular weight excluding hydrogens is 264 g/mol. The Morgan fingerprint density at radius 3 is 2.75 bits per heavy atom. The van der Waals surface area contributed by atoms with E-state index < -0.39 is 17.5 Å². The third-order valence-corrected chi connectivity index (χ3v) is 3.78. The maximum Gasteiger partial charge on any atom is 0.256 e. The van der Waals surface area contributed by atoms with E-state index in [9.17, 15) is 13.6 Å². The minimum absolute atomic E-state index is 0.0342. The fourth-order valence-corrected chi connectivity index (χ4v) is 2.54. The Labute approximate surface area is 117 Å². The first-order valence-corrected chi connectivity index (χ1v) is 6.60.